The highest BCUT2D eigenvalue weighted by Crippen LogP contribution is 2.20. The lowest BCUT2D eigenvalue weighted by Gasteiger charge is -2.11. The van der Waals surface area contributed by atoms with Gasteiger partial charge in [-0.1, -0.05) is 23.8 Å². The van der Waals surface area contributed by atoms with E-state index in [0.29, 0.717) is 6.04 Å². The molecule has 1 atom stereocenters. The smallest absolute Gasteiger partial charge is 0.0386 e. The Morgan fingerprint density at radius 2 is 2.00 bits per heavy atom. The van der Waals surface area contributed by atoms with Crippen molar-refractivity contribution >= 4 is 23.1 Å². The first kappa shape index (κ1) is 13.7. The van der Waals surface area contributed by atoms with Gasteiger partial charge in [0.05, 0.1) is 0 Å². The van der Waals surface area contributed by atoms with Gasteiger partial charge in [0.25, 0.3) is 0 Å². The molecule has 1 aromatic heterocycles. The molecule has 0 radical (unpaired) electrons. The van der Waals surface area contributed by atoms with Crippen molar-refractivity contribution in [3.05, 3.63) is 52.2 Å². The normalized spacial score (nSPS) is 12.6. The molecule has 1 N–H and O–H groups in total. The Kier molecular flexibility index (Phi) is 5.29. The number of rotatable bonds is 6. The molecule has 18 heavy (non-hydrogen) atoms. The fraction of sp³-hybridized carbons (Fsp3) is 0.333. The van der Waals surface area contributed by atoms with Crippen LogP contribution in [0.1, 0.15) is 23.4 Å². The molecule has 1 nitrogen and oxygen atoms in total. The van der Waals surface area contributed by atoms with Crippen LogP contribution in [0.5, 0.6) is 0 Å². The van der Waals surface area contributed by atoms with Crippen molar-refractivity contribution in [2.45, 2.75) is 24.8 Å². The minimum Gasteiger partial charge on any atom is -0.309 e. The second-order valence-electron chi connectivity index (χ2n) is 4.35. The summed E-state index contributed by atoms with van der Waals surface area (Å²) in [7, 11) is 0. The summed E-state index contributed by atoms with van der Waals surface area (Å²) in [6.45, 7) is 5.39. The Bertz CT molecular complexity index is 448. The Labute approximate surface area is 118 Å². The summed E-state index contributed by atoms with van der Waals surface area (Å²) in [6.07, 6.45) is 0. The van der Waals surface area contributed by atoms with Crippen molar-refractivity contribution in [2.24, 2.45) is 0 Å². The molecule has 96 valence electrons. The van der Waals surface area contributed by atoms with Gasteiger partial charge in [0.1, 0.15) is 0 Å². The highest BCUT2D eigenvalue weighted by atomic mass is 32.2. The molecular formula is C15H19NS2. The minimum atomic E-state index is 0.462. The minimum absolute atomic E-state index is 0.462. The number of benzene rings is 1. The number of aryl methyl sites for hydroxylation is 1. The average Bonchev–Trinajstić information content (AvgIpc) is 2.90. The van der Waals surface area contributed by atoms with Gasteiger partial charge in [-0.3, -0.25) is 0 Å². The molecule has 1 heterocycles. The van der Waals surface area contributed by atoms with Crippen molar-refractivity contribution in [1.82, 2.24) is 5.32 Å². The van der Waals surface area contributed by atoms with Gasteiger partial charge in [-0.25, -0.2) is 0 Å². The molecule has 2 rings (SSSR count). The molecule has 0 saturated heterocycles. The topological polar surface area (TPSA) is 12.0 Å². The predicted octanol–water partition coefficient (Wildman–Crippen LogP) is 4.50. The first-order valence-corrected chi connectivity index (χ1v) is 8.08. The molecule has 2 aromatic rings. The number of thioether (sulfide) groups is 1. The van der Waals surface area contributed by atoms with Gasteiger partial charge in [-0.05, 0) is 37.4 Å². The highest BCUT2D eigenvalue weighted by Gasteiger charge is 2.04. The van der Waals surface area contributed by atoms with E-state index >= 15 is 0 Å². The van der Waals surface area contributed by atoms with Crippen LogP contribution in [0, 0.1) is 6.92 Å². The standard InChI is InChI=1S/C15H19NS2/c1-12-5-7-14(8-6-12)17-11-9-16-13(2)15-4-3-10-18-15/h3-8,10,13,16H,9,11H2,1-2H3. The summed E-state index contributed by atoms with van der Waals surface area (Å²) in [5, 5.41) is 5.69. The molecule has 0 amide bonds. The van der Waals surface area contributed by atoms with Gasteiger partial charge in [0.2, 0.25) is 0 Å². The molecule has 1 unspecified atom stereocenters. The largest absolute Gasteiger partial charge is 0.309 e. The SMILES string of the molecule is Cc1ccc(SCCNC(C)c2cccs2)cc1. The molecule has 0 aliphatic heterocycles. The Hall–Kier alpha value is -0.770. The third-order valence-electron chi connectivity index (χ3n) is 2.81. The zero-order valence-corrected chi connectivity index (χ0v) is 12.5. The van der Waals surface area contributed by atoms with Crippen molar-refractivity contribution in [3.63, 3.8) is 0 Å². The molecular weight excluding hydrogens is 258 g/mol. The van der Waals surface area contributed by atoms with Crippen LogP contribution in [-0.4, -0.2) is 12.3 Å². The van der Waals surface area contributed by atoms with Gasteiger partial charge < -0.3 is 5.32 Å². The van der Waals surface area contributed by atoms with Crippen LogP contribution in [-0.2, 0) is 0 Å². The molecule has 0 bridgehead atoms. The van der Waals surface area contributed by atoms with Crippen molar-refractivity contribution in [2.75, 3.05) is 12.3 Å². The molecule has 3 heteroatoms. The van der Waals surface area contributed by atoms with E-state index in [1.54, 1.807) is 0 Å². The van der Waals surface area contributed by atoms with E-state index in [2.05, 4.69) is 60.9 Å². The number of thiophene rings is 1. The van der Waals surface area contributed by atoms with Crippen LogP contribution in [0.2, 0.25) is 0 Å². The van der Waals surface area contributed by atoms with Crippen molar-refractivity contribution in [3.8, 4) is 0 Å². The number of nitrogens with one attached hydrogen (secondary N) is 1. The first-order valence-electron chi connectivity index (χ1n) is 6.22. The van der Waals surface area contributed by atoms with Gasteiger partial charge in [0.15, 0.2) is 0 Å². The molecule has 0 aliphatic carbocycles. The van der Waals surface area contributed by atoms with E-state index in [1.165, 1.54) is 15.3 Å². The summed E-state index contributed by atoms with van der Waals surface area (Å²) in [4.78, 5) is 2.77. The second-order valence-corrected chi connectivity index (χ2v) is 6.50. The van der Waals surface area contributed by atoms with E-state index in [-0.39, 0.29) is 0 Å². The van der Waals surface area contributed by atoms with Gasteiger partial charge in [0, 0.05) is 28.1 Å². The molecule has 1 aromatic carbocycles. The Morgan fingerprint density at radius 3 is 2.67 bits per heavy atom. The van der Waals surface area contributed by atoms with Crippen LogP contribution in [0.25, 0.3) is 0 Å². The maximum Gasteiger partial charge on any atom is 0.0386 e. The van der Waals surface area contributed by atoms with Gasteiger partial charge in [-0.15, -0.1) is 23.1 Å². The van der Waals surface area contributed by atoms with E-state index in [1.807, 2.05) is 23.1 Å². The predicted molar refractivity (Wildman–Crippen MR) is 82.6 cm³/mol. The van der Waals surface area contributed by atoms with E-state index in [0.717, 1.165) is 12.3 Å². The zero-order valence-electron chi connectivity index (χ0n) is 10.8. The van der Waals surface area contributed by atoms with Crippen LogP contribution in [0.3, 0.4) is 0 Å². The number of hydrogen-bond acceptors (Lipinski definition) is 3. The lowest BCUT2D eigenvalue weighted by molar-refractivity contribution is 0.610. The molecule has 0 aliphatic rings. The zero-order chi connectivity index (χ0) is 12.8. The lowest BCUT2D eigenvalue weighted by atomic mass is 10.2. The van der Waals surface area contributed by atoms with E-state index < -0.39 is 0 Å². The number of hydrogen-bond donors (Lipinski definition) is 1. The molecule has 0 spiro atoms. The van der Waals surface area contributed by atoms with Crippen LogP contribution >= 0.6 is 23.1 Å². The monoisotopic (exact) mass is 277 g/mol. The average molecular weight is 277 g/mol. The van der Waals surface area contributed by atoms with Crippen LogP contribution < -0.4 is 5.32 Å². The summed E-state index contributed by atoms with van der Waals surface area (Å²) < 4.78 is 0. The summed E-state index contributed by atoms with van der Waals surface area (Å²) >= 11 is 3.73. The van der Waals surface area contributed by atoms with Crippen LogP contribution in [0.4, 0.5) is 0 Å². The summed E-state index contributed by atoms with van der Waals surface area (Å²) in [5.41, 5.74) is 1.32. The quantitative estimate of drug-likeness (QED) is 0.616. The van der Waals surface area contributed by atoms with Crippen molar-refractivity contribution < 1.29 is 0 Å². The summed E-state index contributed by atoms with van der Waals surface area (Å²) in [5.74, 6) is 1.11. The lowest BCUT2D eigenvalue weighted by Crippen LogP contribution is -2.20. The first-order chi connectivity index (χ1) is 8.75. The molecule has 0 fully saturated rings. The third kappa shape index (κ3) is 4.16. The third-order valence-corrected chi connectivity index (χ3v) is 4.88. The van der Waals surface area contributed by atoms with E-state index in [9.17, 15) is 0 Å². The van der Waals surface area contributed by atoms with Crippen molar-refractivity contribution in [1.29, 1.82) is 0 Å². The van der Waals surface area contributed by atoms with Crippen LogP contribution in [0.15, 0.2) is 46.7 Å². The highest BCUT2D eigenvalue weighted by molar-refractivity contribution is 7.99. The van der Waals surface area contributed by atoms with Gasteiger partial charge in [-0.2, -0.15) is 0 Å². The summed E-state index contributed by atoms with van der Waals surface area (Å²) in [6, 6.07) is 13.5. The molecule has 0 saturated carbocycles. The Morgan fingerprint density at radius 1 is 1.22 bits per heavy atom. The fourth-order valence-corrected chi connectivity index (χ4v) is 3.26. The fourth-order valence-electron chi connectivity index (χ4n) is 1.72. The maximum absolute atomic E-state index is 3.56. The maximum atomic E-state index is 3.56. The Balaban J connectivity index is 1.68. The second kappa shape index (κ2) is 6.98. The van der Waals surface area contributed by atoms with Gasteiger partial charge >= 0.3 is 0 Å². The van der Waals surface area contributed by atoms with E-state index in [4.69, 9.17) is 0 Å².